The van der Waals surface area contributed by atoms with Crippen LogP contribution in [0.3, 0.4) is 0 Å². The van der Waals surface area contributed by atoms with E-state index in [0.717, 1.165) is 4.31 Å². The van der Waals surface area contributed by atoms with Gasteiger partial charge in [0.1, 0.15) is 6.54 Å². The van der Waals surface area contributed by atoms with Crippen molar-refractivity contribution in [1.82, 2.24) is 5.43 Å². The zero-order valence-electron chi connectivity index (χ0n) is 15.7. The van der Waals surface area contributed by atoms with Gasteiger partial charge in [0.15, 0.2) is 0 Å². The van der Waals surface area contributed by atoms with Gasteiger partial charge in [0.2, 0.25) is 0 Å². The van der Waals surface area contributed by atoms with Crippen LogP contribution in [0.15, 0.2) is 89.8 Å². The molecule has 0 atom stereocenters. The van der Waals surface area contributed by atoms with Crippen LogP contribution in [0.25, 0.3) is 0 Å². The minimum atomic E-state index is -4.04. The van der Waals surface area contributed by atoms with Gasteiger partial charge in [-0.15, -0.1) is 0 Å². The third-order valence-electron chi connectivity index (χ3n) is 4.04. The molecule has 9 heteroatoms. The normalized spacial score (nSPS) is 11.7. The number of halogens is 1. The molecular formula is C21H19ClN3O4S+. The van der Waals surface area contributed by atoms with Gasteiger partial charge in [-0.05, 0) is 48.5 Å². The molecule has 0 fully saturated rings. The van der Waals surface area contributed by atoms with E-state index in [2.05, 4.69) is 5.43 Å². The lowest BCUT2D eigenvalue weighted by Crippen LogP contribution is -2.44. The van der Waals surface area contributed by atoms with E-state index in [-0.39, 0.29) is 10.6 Å². The molecule has 0 aliphatic rings. The summed E-state index contributed by atoms with van der Waals surface area (Å²) in [5, 5.41) is 10.4. The molecule has 0 spiro atoms. The molecule has 1 amide bonds. The van der Waals surface area contributed by atoms with Crippen LogP contribution in [0.5, 0.6) is 0 Å². The Morgan fingerprint density at radius 1 is 0.967 bits per heavy atom. The standard InChI is InChI=1S/C21H18ClN3O4S/c22-18-11-13-19(14-12-18)24(30(28,29)20-9-5-2-6-10-20)16-21(26)23-25(27)15-17-7-3-1-4-8-17/h1-15H,16H2,(H-,23,26,27)/p+1. The number of hydrazone groups is 1. The number of hydrazine groups is 1. The van der Waals surface area contributed by atoms with Gasteiger partial charge in [-0.3, -0.25) is 14.3 Å². The van der Waals surface area contributed by atoms with Gasteiger partial charge in [0, 0.05) is 10.6 Å². The van der Waals surface area contributed by atoms with Crippen LogP contribution in [0.1, 0.15) is 5.56 Å². The number of nitrogens with one attached hydrogen (secondary N) is 1. The highest BCUT2D eigenvalue weighted by atomic mass is 35.5. The number of hydrogen-bond donors (Lipinski definition) is 2. The molecular weight excluding hydrogens is 426 g/mol. The average molecular weight is 445 g/mol. The fourth-order valence-electron chi connectivity index (χ4n) is 2.65. The van der Waals surface area contributed by atoms with Crippen LogP contribution in [0, 0.1) is 0 Å². The topological polar surface area (TPSA) is 89.7 Å². The minimum Gasteiger partial charge on any atom is -0.267 e. The van der Waals surface area contributed by atoms with E-state index in [0.29, 0.717) is 15.4 Å². The van der Waals surface area contributed by atoms with Crippen molar-refractivity contribution >= 4 is 39.4 Å². The molecule has 3 aromatic carbocycles. The van der Waals surface area contributed by atoms with Crippen LogP contribution in [-0.2, 0) is 14.8 Å². The summed E-state index contributed by atoms with van der Waals surface area (Å²) in [4.78, 5) is 13.0. The van der Waals surface area contributed by atoms with Crippen molar-refractivity contribution in [2.24, 2.45) is 0 Å². The van der Waals surface area contributed by atoms with E-state index in [9.17, 15) is 18.4 Å². The number of rotatable bonds is 7. The molecule has 0 aliphatic heterocycles. The maximum atomic E-state index is 13.2. The summed E-state index contributed by atoms with van der Waals surface area (Å²) >= 11 is 5.91. The molecule has 0 heterocycles. The van der Waals surface area contributed by atoms with Crippen LogP contribution in [-0.4, -0.2) is 37.1 Å². The lowest BCUT2D eigenvalue weighted by atomic mass is 10.2. The lowest BCUT2D eigenvalue weighted by Gasteiger charge is -2.23. The van der Waals surface area contributed by atoms with Crippen molar-refractivity contribution in [2.45, 2.75) is 4.90 Å². The van der Waals surface area contributed by atoms with Crippen LogP contribution in [0.4, 0.5) is 5.69 Å². The van der Waals surface area contributed by atoms with Gasteiger partial charge < -0.3 is 0 Å². The summed E-state index contributed by atoms with van der Waals surface area (Å²) in [6, 6.07) is 22.7. The second-order valence-electron chi connectivity index (χ2n) is 6.22. The Labute approximate surface area is 179 Å². The van der Waals surface area contributed by atoms with E-state index in [1.54, 1.807) is 42.5 Å². The predicted molar refractivity (Wildman–Crippen MR) is 114 cm³/mol. The third-order valence-corrected chi connectivity index (χ3v) is 6.08. The van der Waals surface area contributed by atoms with Gasteiger partial charge in [0.05, 0.1) is 15.4 Å². The number of nitrogens with zero attached hydrogens (tertiary/aromatic N) is 2. The molecule has 154 valence electrons. The Hall–Kier alpha value is -3.36. The first-order chi connectivity index (χ1) is 14.4. The summed E-state index contributed by atoms with van der Waals surface area (Å²) < 4.78 is 27.3. The molecule has 3 aromatic rings. The molecule has 2 N–H and O–H groups in total. The van der Waals surface area contributed by atoms with Crippen molar-refractivity contribution in [1.29, 1.82) is 0 Å². The third kappa shape index (κ3) is 5.37. The maximum absolute atomic E-state index is 13.2. The van der Waals surface area contributed by atoms with Crippen molar-refractivity contribution in [2.75, 3.05) is 10.8 Å². The molecule has 0 saturated heterocycles. The average Bonchev–Trinajstić information content (AvgIpc) is 2.74. The molecule has 0 aliphatic carbocycles. The first-order valence-electron chi connectivity index (χ1n) is 8.87. The monoisotopic (exact) mass is 444 g/mol. The first kappa shape index (κ1) is 21.4. The van der Waals surface area contributed by atoms with Crippen molar-refractivity contribution in [3.8, 4) is 0 Å². The number of benzene rings is 3. The first-order valence-corrected chi connectivity index (χ1v) is 10.7. The largest absolute Gasteiger partial charge is 0.299 e. The highest BCUT2D eigenvalue weighted by molar-refractivity contribution is 7.92. The van der Waals surface area contributed by atoms with Gasteiger partial charge in [0.25, 0.3) is 22.1 Å². The quantitative estimate of drug-likeness (QED) is 0.253. The lowest BCUT2D eigenvalue weighted by molar-refractivity contribution is -0.804. The van der Waals surface area contributed by atoms with Crippen LogP contribution in [0.2, 0.25) is 5.02 Å². The SMILES string of the molecule is O=C(CN(c1ccc(Cl)cc1)S(=O)(=O)c1ccccc1)N[N+](O)=Cc1ccccc1. The molecule has 0 saturated carbocycles. The molecule has 0 radical (unpaired) electrons. The molecule has 0 aromatic heterocycles. The fourth-order valence-corrected chi connectivity index (χ4v) is 4.22. The summed E-state index contributed by atoms with van der Waals surface area (Å²) in [5.74, 6) is -0.737. The Morgan fingerprint density at radius 2 is 1.53 bits per heavy atom. The molecule has 30 heavy (non-hydrogen) atoms. The number of carbonyl (C=O) groups is 1. The van der Waals surface area contributed by atoms with E-state index < -0.39 is 22.5 Å². The highest BCUT2D eigenvalue weighted by Gasteiger charge is 2.28. The smallest absolute Gasteiger partial charge is 0.267 e. The van der Waals surface area contributed by atoms with Gasteiger partial charge >= 0.3 is 0 Å². The summed E-state index contributed by atoms with van der Waals surface area (Å²) in [5.41, 5.74) is 3.13. The highest BCUT2D eigenvalue weighted by Crippen LogP contribution is 2.24. The number of carbonyl (C=O) groups excluding carboxylic acids is 1. The van der Waals surface area contributed by atoms with Crippen LogP contribution >= 0.6 is 11.6 Å². The summed E-state index contributed by atoms with van der Waals surface area (Å²) in [6.07, 6.45) is 1.29. The Morgan fingerprint density at radius 3 is 2.13 bits per heavy atom. The van der Waals surface area contributed by atoms with E-state index >= 15 is 0 Å². The molecule has 7 nitrogen and oxygen atoms in total. The second-order valence-corrected chi connectivity index (χ2v) is 8.52. The molecule has 3 rings (SSSR count). The molecule has 0 unspecified atom stereocenters. The van der Waals surface area contributed by atoms with Gasteiger partial charge in [-0.2, -0.15) is 0 Å². The molecule has 0 bridgehead atoms. The summed E-state index contributed by atoms with van der Waals surface area (Å²) in [7, 11) is -4.04. The van der Waals surface area contributed by atoms with Gasteiger partial charge in [-0.25, -0.2) is 8.42 Å². The van der Waals surface area contributed by atoms with Crippen molar-refractivity contribution in [3.05, 3.63) is 95.5 Å². The van der Waals surface area contributed by atoms with E-state index in [4.69, 9.17) is 11.6 Å². The van der Waals surface area contributed by atoms with Gasteiger partial charge in [-0.1, -0.05) is 53.4 Å². The Bertz CT molecular complexity index is 1140. The van der Waals surface area contributed by atoms with E-state index in [1.807, 2.05) is 6.07 Å². The maximum Gasteiger partial charge on any atom is 0.299 e. The zero-order valence-corrected chi connectivity index (χ0v) is 17.3. The van der Waals surface area contributed by atoms with E-state index in [1.165, 1.54) is 42.6 Å². The zero-order chi connectivity index (χ0) is 21.6. The van der Waals surface area contributed by atoms with Crippen LogP contribution < -0.4 is 9.73 Å². The number of hydrogen-bond acceptors (Lipinski definition) is 4. The number of sulfonamides is 1. The minimum absolute atomic E-state index is 0.0319. The Kier molecular flexibility index (Phi) is 6.71. The number of anilines is 1. The number of amides is 1. The van der Waals surface area contributed by atoms with Crippen molar-refractivity contribution < 1.29 is 23.3 Å². The van der Waals surface area contributed by atoms with Crippen molar-refractivity contribution in [3.63, 3.8) is 0 Å². The second kappa shape index (κ2) is 9.43. The summed E-state index contributed by atoms with van der Waals surface area (Å²) in [6.45, 7) is -0.557. The Balaban J connectivity index is 1.86. The predicted octanol–water partition coefficient (Wildman–Crippen LogP) is 3.09. The fraction of sp³-hybridized carbons (Fsp3) is 0.0476.